The van der Waals surface area contributed by atoms with Gasteiger partial charge in [-0.15, -0.1) is 0 Å². The van der Waals surface area contributed by atoms with Crippen LogP contribution in [0.4, 0.5) is 21.5 Å². The number of anilines is 2. The summed E-state index contributed by atoms with van der Waals surface area (Å²) >= 11 is 12.5. The first-order valence-corrected chi connectivity index (χ1v) is 16.7. The van der Waals surface area contributed by atoms with E-state index >= 15 is 4.39 Å². The summed E-state index contributed by atoms with van der Waals surface area (Å²) in [7, 11) is 0. The number of nitro groups is 1. The zero-order valence-electron chi connectivity index (χ0n) is 26.7. The zero-order chi connectivity index (χ0) is 34.5. The summed E-state index contributed by atoms with van der Waals surface area (Å²) in [5, 5.41) is 15.6. The van der Waals surface area contributed by atoms with Crippen molar-refractivity contribution in [3.63, 3.8) is 0 Å². The molecule has 10 nitrogen and oxygen atoms in total. The number of ether oxygens (including phenoxy) is 1. The van der Waals surface area contributed by atoms with Crippen molar-refractivity contribution in [2.45, 2.75) is 57.5 Å². The molecular weight excluding hydrogens is 662 g/mol. The van der Waals surface area contributed by atoms with Gasteiger partial charge in [-0.05, 0) is 87.4 Å². The van der Waals surface area contributed by atoms with E-state index < -0.39 is 57.6 Å². The number of nitrogens with one attached hydrogen (secondary N) is 1. The van der Waals surface area contributed by atoms with Crippen molar-refractivity contribution in [3.8, 4) is 0 Å². The Morgan fingerprint density at radius 3 is 2.52 bits per heavy atom. The van der Waals surface area contributed by atoms with Crippen LogP contribution in [-0.4, -0.2) is 58.9 Å². The first kappa shape index (κ1) is 33.8. The maximum absolute atomic E-state index is 16.1. The molecule has 1 saturated carbocycles. The number of hydrogen-bond donors (Lipinski definition) is 1. The molecule has 3 aliphatic rings. The molecule has 6 rings (SSSR count). The molecule has 0 aromatic heterocycles. The highest BCUT2D eigenvalue weighted by Gasteiger charge is 2.65. The number of likely N-dealkylation sites (tertiary alicyclic amines) is 1. The number of aryl methyl sites for hydroxylation is 1. The summed E-state index contributed by atoms with van der Waals surface area (Å²) in [4.78, 5) is 57.1. The topological polar surface area (TPSA) is 122 Å². The predicted octanol–water partition coefficient (Wildman–Crippen LogP) is 7.15. The van der Waals surface area contributed by atoms with Crippen LogP contribution in [0.5, 0.6) is 0 Å². The van der Waals surface area contributed by atoms with Crippen LogP contribution in [0.1, 0.15) is 60.5 Å². The predicted molar refractivity (Wildman–Crippen MR) is 180 cm³/mol. The number of nitro benzene ring substituents is 1. The first-order valence-electron chi connectivity index (χ1n) is 15.9. The van der Waals surface area contributed by atoms with Crippen molar-refractivity contribution < 1.29 is 28.4 Å². The molecule has 3 fully saturated rings. The van der Waals surface area contributed by atoms with E-state index in [1.807, 2.05) is 4.90 Å². The molecule has 3 aromatic rings. The van der Waals surface area contributed by atoms with Crippen LogP contribution < -0.4 is 10.2 Å². The number of fused-ring (bicyclic) bond motifs is 1. The van der Waals surface area contributed by atoms with Gasteiger partial charge in [-0.25, -0.2) is 9.18 Å². The van der Waals surface area contributed by atoms with Crippen LogP contribution >= 0.6 is 23.2 Å². The van der Waals surface area contributed by atoms with Gasteiger partial charge in [0.25, 0.3) is 5.69 Å². The van der Waals surface area contributed by atoms with Crippen LogP contribution in [-0.2, 0) is 14.3 Å². The van der Waals surface area contributed by atoms with Crippen molar-refractivity contribution in [1.29, 1.82) is 0 Å². The maximum Gasteiger partial charge on any atom is 0.338 e. The van der Waals surface area contributed by atoms with Crippen LogP contribution in [0.25, 0.3) is 0 Å². The average molecular weight is 698 g/mol. The third-order valence-corrected chi connectivity index (χ3v) is 10.4. The third-order valence-electron chi connectivity index (χ3n) is 9.89. The van der Waals surface area contributed by atoms with E-state index in [1.165, 1.54) is 17.0 Å². The van der Waals surface area contributed by atoms with E-state index in [1.54, 1.807) is 57.2 Å². The van der Waals surface area contributed by atoms with Gasteiger partial charge < -0.3 is 15.0 Å². The maximum atomic E-state index is 16.1. The minimum Gasteiger partial charge on any atom is -0.462 e. The van der Waals surface area contributed by atoms with Gasteiger partial charge >= 0.3 is 5.97 Å². The lowest BCUT2D eigenvalue weighted by Crippen LogP contribution is -2.56. The van der Waals surface area contributed by atoms with Crippen molar-refractivity contribution in [3.05, 3.63) is 97.3 Å². The zero-order valence-corrected chi connectivity index (χ0v) is 28.2. The molecular formula is C35H35Cl2FN4O6. The molecule has 0 spiro atoms. The summed E-state index contributed by atoms with van der Waals surface area (Å²) < 4.78 is 21.2. The molecule has 0 radical (unpaired) electrons. The highest BCUT2D eigenvalue weighted by Crippen LogP contribution is 2.55. The normalized spacial score (nSPS) is 23.9. The lowest BCUT2D eigenvalue weighted by atomic mass is 9.72. The Kier molecular flexibility index (Phi) is 9.23. The van der Waals surface area contributed by atoms with Crippen LogP contribution in [0, 0.1) is 34.7 Å². The molecule has 3 aromatic carbocycles. The average Bonchev–Trinajstić information content (AvgIpc) is 3.82. The number of esters is 1. The fourth-order valence-electron chi connectivity index (χ4n) is 7.45. The minimum atomic E-state index is -1.44. The number of benzene rings is 3. The largest absolute Gasteiger partial charge is 0.462 e. The van der Waals surface area contributed by atoms with Crippen LogP contribution in [0.3, 0.4) is 0 Å². The second-order valence-electron chi connectivity index (χ2n) is 12.8. The lowest BCUT2D eigenvalue weighted by molar-refractivity contribution is -0.384. The van der Waals surface area contributed by atoms with E-state index in [0.717, 1.165) is 18.9 Å². The number of carbonyl (C=O) groups excluding carboxylic acids is 3. The Morgan fingerprint density at radius 2 is 1.85 bits per heavy atom. The Hall–Kier alpha value is -4.06. The fraction of sp³-hybridized carbons (Fsp3) is 0.400. The van der Waals surface area contributed by atoms with Crippen molar-refractivity contribution >= 4 is 58.0 Å². The SMILES string of the molecule is CCOC(=O)c1cc([N+](=O)[O-])c(N2CC[C@H]3[C@@H](C2=O)[C@H](c2cccc(Cl)c2F)[C@](C)(C(=O)Nc2cccc(Cl)c2)N3CC2CC2)cc1C. The van der Waals surface area contributed by atoms with Crippen LogP contribution in [0.15, 0.2) is 54.6 Å². The molecule has 2 amide bonds. The van der Waals surface area contributed by atoms with E-state index in [9.17, 15) is 24.5 Å². The van der Waals surface area contributed by atoms with Crippen molar-refractivity contribution in [2.75, 3.05) is 29.9 Å². The Morgan fingerprint density at radius 1 is 1.12 bits per heavy atom. The number of amides is 2. The van der Waals surface area contributed by atoms with Gasteiger partial charge in [-0.1, -0.05) is 41.4 Å². The van der Waals surface area contributed by atoms with E-state index in [-0.39, 0.29) is 35.0 Å². The van der Waals surface area contributed by atoms with Crippen LogP contribution in [0.2, 0.25) is 10.0 Å². The minimum absolute atomic E-state index is 0.0186. The molecule has 1 N–H and O–H groups in total. The molecule has 1 aliphatic carbocycles. The first-order chi connectivity index (χ1) is 22.9. The number of halogens is 3. The third kappa shape index (κ3) is 5.92. The van der Waals surface area contributed by atoms with Gasteiger partial charge in [-0.2, -0.15) is 0 Å². The van der Waals surface area contributed by atoms with Gasteiger partial charge in [-0.3, -0.25) is 24.6 Å². The highest BCUT2D eigenvalue weighted by atomic mass is 35.5. The number of carbonyl (C=O) groups is 3. The van der Waals surface area contributed by atoms with E-state index in [2.05, 4.69) is 5.32 Å². The van der Waals surface area contributed by atoms with E-state index in [0.29, 0.717) is 35.2 Å². The molecule has 2 saturated heterocycles. The summed E-state index contributed by atoms with van der Waals surface area (Å²) in [5.41, 5.74) is -0.879. The Bertz CT molecular complexity index is 1820. The van der Waals surface area contributed by atoms with Gasteiger partial charge in [0.05, 0.1) is 28.0 Å². The van der Waals surface area contributed by atoms with Gasteiger partial charge in [0.1, 0.15) is 17.0 Å². The Balaban J connectivity index is 1.49. The monoisotopic (exact) mass is 696 g/mol. The number of rotatable bonds is 9. The lowest BCUT2D eigenvalue weighted by Gasteiger charge is -2.40. The van der Waals surface area contributed by atoms with Gasteiger partial charge in [0, 0.05) is 41.8 Å². The fourth-order valence-corrected chi connectivity index (χ4v) is 7.82. The van der Waals surface area contributed by atoms with E-state index in [4.69, 9.17) is 27.9 Å². The van der Waals surface area contributed by atoms with Crippen molar-refractivity contribution in [1.82, 2.24) is 4.90 Å². The second-order valence-corrected chi connectivity index (χ2v) is 13.7. The number of piperidine rings is 1. The summed E-state index contributed by atoms with van der Waals surface area (Å²) in [5.74, 6) is -4.05. The molecule has 4 atom stereocenters. The smallest absolute Gasteiger partial charge is 0.338 e. The molecule has 2 heterocycles. The second kappa shape index (κ2) is 13.1. The molecule has 0 bridgehead atoms. The molecule has 48 heavy (non-hydrogen) atoms. The van der Waals surface area contributed by atoms with Gasteiger partial charge in [0.15, 0.2) is 0 Å². The molecule has 0 unspecified atom stereocenters. The Labute approximate surface area is 287 Å². The molecule has 13 heteroatoms. The summed E-state index contributed by atoms with van der Waals surface area (Å²) in [6.07, 6.45) is 2.29. The summed E-state index contributed by atoms with van der Waals surface area (Å²) in [6.45, 7) is 5.69. The molecule has 2 aliphatic heterocycles. The standard InChI is InChI=1S/C35H35Cl2FN4O6/c1-4-48-33(44)24-17-28(42(46)47)27(15-19(24)2)40-14-13-26-29(32(40)43)30(23-9-6-10-25(37)31(23)38)35(3,41(26)18-20-11-12-20)34(45)39-22-8-5-7-21(36)16-22/h5-10,15-17,20,26,29-30H,4,11-14,18H2,1-3H3,(H,39,45)/t26-,29+,30-,35+/m0/s1. The number of nitrogens with zero attached hydrogens (tertiary/aromatic N) is 3. The van der Waals surface area contributed by atoms with Crippen molar-refractivity contribution in [2.24, 2.45) is 11.8 Å². The highest BCUT2D eigenvalue weighted by molar-refractivity contribution is 6.31. The molecule has 252 valence electrons. The summed E-state index contributed by atoms with van der Waals surface area (Å²) in [6, 6.07) is 13.3. The quantitative estimate of drug-likeness (QED) is 0.143. The number of hydrogen-bond acceptors (Lipinski definition) is 7. The van der Waals surface area contributed by atoms with Gasteiger partial charge in [0.2, 0.25) is 11.8 Å².